The van der Waals surface area contributed by atoms with E-state index in [2.05, 4.69) is 10.6 Å². The number of rotatable bonds is 7. The molecule has 0 aliphatic carbocycles. The molecule has 0 spiro atoms. The van der Waals surface area contributed by atoms with Crippen molar-refractivity contribution in [3.8, 4) is 0 Å². The first-order chi connectivity index (χ1) is 14.1. The second-order valence-electron chi connectivity index (χ2n) is 9.37. The summed E-state index contributed by atoms with van der Waals surface area (Å²) in [6.07, 6.45) is -0.117. The minimum Gasteiger partial charge on any atom is -0.460 e. The molecule has 0 aromatic heterocycles. The van der Waals surface area contributed by atoms with E-state index in [1.165, 1.54) is 4.90 Å². The molecule has 31 heavy (non-hydrogen) atoms. The maximum atomic E-state index is 12.9. The number of hydrogen-bond donors (Lipinski definition) is 3. The van der Waals surface area contributed by atoms with Gasteiger partial charge in [-0.15, -0.1) is 0 Å². The predicted molar refractivity (Wildman–Crippen MR) is 111 cm³/mol. The summed E-state index contributed by atoms with van der Waals surface area (Å²) in [5, 5.41) is 4.76. The Bertz CT molecular complexity index is 709. The first-order valence-electron chi connectivity index (χ1n) is 10.2. The van der Waals surface area contributed by atoms with Gasteiger partial charge in [-0.3, -0.25) is 24.1 Å². The van der Waals surface area contributed by atoms with Gasteiger partial charge in [0.2, 0.25) is 17.7 Å². The molecule has 0 aromatic carbocycles. The molecule has 1 aliphatic rings. The highest BCUT2D eigenvalue weighted by atomic mass is 16.6. The monoisotopic (exact) mass is 442 g/mol. The van der Waals surface area contributed by atoms with Gasteiger partial charge in [0.05, 0.1) is 13.0 Å². The maximum Gasteiger partial charge on any atom is 0.410 e. The lowest BCUT2D eigenvalue weighted by molar-refractivity contribution is -0.156. The topological polar surface area (TPSA) is 157 Å². The van der Waals surface area contributed by atoms with E-state index < -0.39 is 66.0 Å². The zero-order chi connectivity index (χ0) is 24.0. The van der Waals surface area contributed by atoms with Crippen LogP contribution in [0.3, 0.4) is 0 Å². The third-order valence-corrected chi connectivity index (χ3v) is 4.04. The zero-order valence-electron chi connectivity index (χ0n) is 19.1. The van der Waals surface area contributed by atoms with Crippen molar-refractivity contribution in [3.63, 3.8) is 0 Å². The van der Waals surface area contributed by atoms with Crippen molar-refractivity contribution in [3.05, 3.63) is 0 Å². The summed E-state index contributed by atoms with van der Waals surface area (Å²) >= 11 is 0. The molecule has 1 saturated heterocycles. The van der Waals surface area contributed by atoms with Crippen LogP contribution in [0.1, 0.15) is 60.8 Å². The summed E-state index contributed by atoms with van der Waals surface area (Å²) in [6.45, 7) is 10.0. The Balaban J connectivity index is 2.91. The highest BCUT2D eigenvalue weighted by Crippen LogP contribution is 2.21. The van der Waals surface area contributed by atoms with Gasteiger partial charge in [-0.2, -0.15) is 0 Å². The molecule has 0 radical (unpaired) electrons. The Kier molecular flexibility index (Phi) is 8.83. The molecule has 1 fully saturated rings. The maximum absolute atomic E-state index is 12.9. The molecule has 0 saturated carbocycles. The van der Waals surface area contributed by atoms with Crippen molar-refractivity contribution >= 4 is 29.8 Å². The number of nitrogens with one attached hydrogen (secondary N) is 2. The first-order valence-corrected chi connectivity index (χ1v) is 10.2. The van der Waals surface area contributed by atoms with Crippen LogP contribution in [-0.4, -0.2) is 71.1 Å². The van der Waals surface area contributed by atoms with E-state index in [1.807, 2.05) is 0 Å². The summed E-state index contributed by atoms with van der Waals surface area (Å²) < 4.78 is 10.6. The van der Waals surface area contributed by atoms with Crippen LogP contribution in [0.2, 0.25) is 0 Å². The fraction of sp³-hybridized carbons (Fsp3) is 0.750. The average Bonchev–Trinajstić information content (AvgIpc) is 3.05. The standard InChI is InChI=1S/C20H34N4O7/c1-19(2,3)30-15(26)10-12(16(27)22-11-14(21)25)23-17(28)13-8-7-9-24(13)18(29)31-20(4,5)6/h12-13H,7-11H2,1-6H3,(H2,21,25)(H,22,27)(H,23,28)/t12-,13+/m1/s1. The molecule has 1 heterocycles. The summed E-state index contributed by atoms with van der Waals surface area (Å²) in [7, 11) is 0. The van der Waals surface area contributed by atoms with Crippen LogP contribution in [0.15, 0.2) is 0 Å². The highest BCUT2D eigenvalue weighted by Gasteiger charge is 2.38. The molecule has 176 valence electrons. The molecule has 11 nitrogen and oxygen atoms in total. The number of nitrogens with zero attached hydrogens (tertiary/aromatic N) is 1. The van der Waals surface area contributed by atoms with Crippen molar-refractivity contribution in [1.82, 2.24) is 15.5 Å². The molecule has 4 N–H and O–H groups in total. The van der Waals surface area contributed by atoms with Gasteiger partial charge in [-0.1, -0.05) is 0 Å². The second-order valence-corrected chi connectivity index (χ2v) is 9.37. The molecule has 4 amide bonds. The van der Waals surface area contributed by atoms with Crippen molar-refractivity contribution in [2.75, 3.05) is 13.1 Å². The van der Waals surface area contributed by atoms with Crippen LogP contribution >= 0.6 is 0 Å². The van der Waals surface area contributed by atoms with Crippen LogP contribution in [0.4, 0.5) is 4.79 Å². The van der Waals surface area contributed by atoms with Crippen LogP contribution in [0.25, 0.3) is 0 Å². The molecule has 2 atom stereocenters. The molecule has 11 heteroatoms. The second kappa shape index (κ2) is 10.5. The smallest absolute Gasteiger partial charge is 0.410 e. The van der Waals surface area contributed by atoms with Gasteiger partial charge >= 0.3 is 12.1 Å². The normalized spacial score (nSPS) is 17.5. The van der Waals surface area contributed by atoms with Crippen LogP contribution < -0.4 is 16.4 Å². The van der Waals surface area contributed by atoms with E-state index in [0.29, 0.717) is 19.4 Å². The van der Waals surface area contributed by atoms with Gasteiger partial charge in [0.25, 0.3) is 0 Å². The van der Waals surface area contributed by atoms with E-state index in [0.717, 1.165) is 0 Å². The van der Waals surface area contributed by atoms with Gasteiger partial charge in [0, 0.05) is 6.54 Å². The van der Waals surface area contributed by atoms with Gasteiger partial charge < -0.3 is 25.8 Å². The Morgan fingerprint density at radius 2 is 1.61 bits per heavy atom. The number of esters is 1. The zero-order valence-corrected chi connectivity index (χ0v) is 19.1. The lowest BCUT2D eigenvalue weighted by atomic mass is 10.1. The van der Waals surface area contributed by atoms with E-state index in [-0.39, 0.29) is 0 Å². The van der Waals surface area contributed by atoms with E-state index >= 15 is 0 Å². The number of primary amides is 1. The van der Waals surface area contributed by atoms with E-state index in [1.54, 1.807) is 41.5 Å². The summed E-state index contributed by atoms with van der Waals surface area (Å²) in [5.41, 5.74) is 3.53. The van der Waals surface area contributed by atoms with Crippen molar-refractivity contribution in [2.24, 2.45) is 5.73 Å². The number of carbonyl (C=O) groups excluding carboxylic acids is 5. The highest BCUT2D eigenvalue weighted by molar-refractivity contribution is 5.94. The lowest BCUT2D eigenvalue weighted by Crippen LogP contribution is -2.55. The third kappa shape index (κ3) is 9.67. The molecule has 0 unspecified atom stereocenters. The number of likely N-dealkylation sites (tertiary alicyclic amines) is 1. The number of hydrogen-bond acceptors (Lipinski definition) is 7. The minimum atomic E-state index is -1.30. The van der Waals surface area contributed by atoms with Crippen LogP contribution in [0.5, 0.6) is 0 Å². The fourth-order valence-corrected chi connectivity index (χ4v) is 2.90. The van der Waals surface area contributed by atoms with E-state index in [4.69, 9.17) is 15.2 Å². The molecule has 1 rings (SSSR count). The summed E-state index contributed by atoms with van der Waals surface area (Å²) in [5.74, 6) is -2.85. The fourth-order valence-electron chi connectivity index (χ4n) is 2.90. The first kappa shape index (κ1) is 26.2. The Morgan fingerprint density at radius 3 is 2.13 bits per heavy atom. The number of amides is 4. The Hall–Kier alpha value is -2.85. The molecular weight excluding hydrogens is 408 g/mol. The van der Waals surface area contributed by atoms with E-state index in [9.17, 15) is 24.0 Å². The Morgan fingerprint density at radius 1 is 1.03 bits per heavy atom. The average molecular weight is 443 g/mol. The third-order valence-electron chi connectivity index (χ3n) is 4.04. The van der Waals surface area contributed by atoms with Gasteiger partial charge in [0.15, 0.2) is 0 Å². The molecule has 1 aliphatic heterocycles. The van der Waals surface area contributed by atoms with Crippen molar-refractivity contribution in [1.29, 1.82) is 0 Å². The van der Waals surface area contributed by atoms with Crippen LogP contribution in [0, 0.1) is 0 Å². The number of nitrogens with two attached hydrogens (primary N) is 1. The quantitative estimate of drug-likeness (QED) is 0.475. The largest absolute Gasteiger partial charge is 0.460 e. The van der Waals surface area contributed by atoms with Crippen LogP contribution in [-0.2, 0) is 28.7 Å². The lowest BCUT2D eigenvalue weighted by Gasteiger charge is -2.29. The Labute approximate surface area is 182 Å². The molecule has 0 aromatic rings. The van der Waals surface area contributed by atoms with Gasteiger partial charge in [0.1, 0.15) is 23.3 Å². The minimum absolute atomic E-state index is 0.331. The molecule has 0 bridgehead atoms. The van der Waals surface area contributed by atoms with Gasteiger partial charge in [-0.25, -0.2) is 4.79 Å². The van der Waals surface area contributed by atoms with Crippen molar-refractivity contribution in [2.45, 2.75) is 84.1 Å². The summed E-state index contributed by atoms with van der Waals surface area (Å²) in [6, 6.07) is -2.15. The number of ether oxygens (including phenoxy) is 2. The SMILES string of the molecule is CC(C)(C)OC(=O)C[C@@H](NC(=O)[C@@H]1CCCN1C(=O)OC(C)(C)C)C(=O)NCC(N)=O. The molecular formula is C20H34N4O7. The van der Waals surface area contributed by atoms with Crippen molar-refractivity contribution < 1.29 is 33.4 Å². The summed E-state index contributed by atoms with van der Waals surface area (Å²) in [4.78, 5) is 62.2. The van der Waals surface area contributed by atoms with Gasteiger partial charge in [-0.05, 0) is 54.4 Å². The predicted octanol–water partition coefficient (Wildman–Crippen LogP) is 0.204. The number of carbonyl (C=O) groups is 5.